The first-order valence-electron chi connectivity index (χ1n) is 12.0. The van der Waals surface area contributed by atoms with Crippen LogP contribution in [0.5, 0.6) is 0 Å². The molecule has 11 nitrogen and oxygen atoms in total. The van der Waals surface area contributed by atoms with Crippen LogP contribution in [0, 0.1) is 0 Å². The van der Waals surface area contributed by atoms with Crippen LogP contribution < -0.4 is 4.72 Å². The monoisotopic (exact) mass is 562 g/mol. The van der Waals surface area contributed by atoms with Gasteiger partial charge in [0.25, 0.3) is 0 Å². The maximum atomic E-state index is 13.4. The number of likely N-dealkylation sites (tertiary alicyclic amines) is 1. The number of hydrogen-bond acceptors (Lipinski definition) is 8. The van der Waals surface area contributed by atoms with Crippen LogP contribution >= 0.6 is 22.9 Å². The Morgan fingerprint density at radius 2 is 1.69 bits per heavy atom. The molecular weight excluding hydrogens is 532 g/mol. The number of hydrogen-bond donors (Lipinski definition) is 1. The molecule has 1 N–H and O–H groups in total. The van der Waals surface area contributed by atoms with Crippen molar-refractivity contribution in [3.63, 3.8) is 0 Å². The lowest BCUT2D eigenvalue weighted by molar-refractivity contribution is -0.150. The topological polar surface area (TPSA) is 126 Å². The summed E-state index contributed by atoms with van der Waals surface area (Å²) in [6.07, 6.45) is 0.353. The lowest BCUT2D eigenvalue weighted by Crippen LogP contribution is -2.55. The van der Waals surface area contributed by atoms with Crippen LogP contribution in [0.15, 0.2) is 12.1 Å². The first-order valence-corrected chi connectivity index (χ1v) is 14.8. The third kappa shape index (κ3) is 6.95. The number of ether oxygens (including phenoxy) is 2. The van der Waals surface area contributed by atoms with Crippen molar-refractivity contribution in [2.45, 2.75) is 31.3 Å². The quantitative estimate of drug-likeness (QED) is 0.447. The summed E-state index contributed by atoms with van der Waals surface area (Å²) in [6, 6.07) is 1.52. The molecule has 0 bridgehead atoms. The van der Waals surface area contributed by atoms with Crippen molar-refractivity contribution < 1.29 is 32.3 Å². The zero-order chi connectivity index (χ0) is 25.7. The Bertz CT molecular complexity index is 1050. The fourth-order valence-electron chi connectivity index (χ4n) is 4.55. The van der Waals surface area contributed by atoms with Gasteiger partial charge < -0.3 is 24.2 Å². The lowest BCUT2D eigenvalue weighted by Gasteiger charge is -2.35. The number of nitrogens with zero attached hydrogens (tertiary/aromatic N) is 3. The molecule has 0 aliphatic carbocycles. The van der Waals surface area contributed by atoms with E-state index in [1.165, 1.54) is 16.2 Å². The molecule has 1 aromatic rings. The molecule has 0 aromatic carbocycles. The summed E-state index contributed by atoms with van der Waals surface area (Å²) in [6.45, 7) is 3.45. The van der Waals surface area contributed by atoms with Gasteiger partial charge >= 0.3 is 0 Å². The molecule has 1 aromatic heterocycles. The Kier molecular flexibility index (Phi) is 9.23. The maximum absolute atomic E-state index is 13.4. The van der Waals surface area contributed by atoms with Crippen LogP contribution in [0.3, 0.4) is 0 Å². The van der Waals surface area contributed by atoms with Crippen LogP contribution in [-0.2, 0) is 40.3 Å². The van der Waals surface area contributed by atoms with E-state index in [1.54, 1.807) is 21.9 Å². The van der Waals surface area contributed by atoms with Gasteiger partial charge in [-0.2, -0.15) is 0 Å². The molecule has 2 atom stereocenters. The average Bonchev–Trinajstić information content (AvgIpc) is 3.46. The maximum Gasteiger partial charge on any atom is 0.246 e. The third-order valence-electron chi connectivity index (χ3n) is 6.52. The van der Waals surface area contributed by atoms with Crippen molar-refractivity contribution in [1.82, 2.24) is 19.4 Å². The van der Waals surface area contributed by atoms with Gasteiger partial charge in [0.05, 0.1) is 42.9 Å². The molecule has 3 aliphatic heterocycles. The van der Waals surface area contributed by atoms with Gasteiger partial charge in [-0.3, -0.25) is 14.4 Å². The van der Waals surface area contributed by atoms with E-state index in [1.807, 2.05) is 0 Å². The molecule has 36 heavy (non-hydrogen) atoms. The molecule has 3 amide bonds. The van der Waals surface area contributed by atoms with Gasteiger partial charge in [-0.15, -0.1) is 11.3 Å². The van der Waals surface area contributed by atoms with Gasteiger partial charge in [-0.1, -0.05) is 11.6 Å². The summed E-state index contributed by atoms with van der Waals surface area (Å²) in [7, 11) is -3.75. The highest BCUT2D eigenvalue weighted by Gasteiger charge is 2.43. The summed E-state index contributed by atoms with van der Waals surface area (Å²) >= 11 is 7.23. The smallest absolute Gasteiger partial charge is 0.246 e. The highest BCUT2D eigenvalue weighted by molar-refractivity contribution is 7.89. The van der Waals surface area contributed by atoms with Gasteiger partial charge in [-0.05, 0) is 25.0 Å². The number of carbonyl (C=O) groups is 3. The number of halogens is 1. The number of nitrogens with one attached hydrogen (secondary N) is 1. The standard InChI is InChI=1S/C22H31ClN4O7S2/c23-19-2-1-16(35-19)4-14-36(31,32)24-17-3-5-27(21(17)29)18(22(30)26-8-12-34-13-9-26)15-20(28)25-6-10-33-11-7-25/h1-2,17-18,24H,3-15H2/t17?,18-/m0/s1. The average molecular weight is 563 g/mol. The van der Waals surface area contributed by atoms with E-state index in [0.29, 0.717) is 56.9 Å². The molecule has 1 unspecified atom stereocenters. The molecular formula is C22H31ClN4O7S2. The van der Waals surface area contributed by atoms with E-state index in [-0.39, 0.29) is 43.4 Å². The minimum atomic E-state index is -3.75. The van der Waals surface area contributed by atoms with Crippen molar-refractivity contribution in [3.05, 3.63) is 21.3 Å². The van der Waals surface area contributed by atoms with Crippen molar-refractivity contribution in [3.8, 4) is 0 Å². The summed E-state index contributed by atoms with van der Waals surface area (Å²) in [4.78, 5) is 45.2. The predicted molar refractivity (Wildman–Crippen MR) is 133 cm³/mol. The second kappa shape index (κ2) is 12.2. The third-order valence-corrected chi connectivity index (χ3v) is 9.20. The van der Waals surface area contributed by atoms with E-state index < -0.39 is 28.0 Å². The van der Waals surface area contributed by atoms with E-state index >= 15 is 0 Å². The number of thiophene rings is 1. The van der Waals surface area contributed by atoms with Crippen LogP contribution in [0.4, 0.5) is 0 Å². The number of morpholine rings is 2. The summed E-state index contributed by atoms with van der Waals surface area (Å²) < 4.78 is 39.1. The first kappa shape index (κ1) is 27.3. The van der Waals surface area contributed by atoms with Gasteiger partial charge in [0.15, 0.2) is 0 Å². The Morgan fingerprint density at radius 1 is 1.06 bits per heavy atom. The largest absolute Gasteiger partial charge is 0.378 e. The van der Waals surface area contributed by atoms with Gasteiger partial charge in [-0.25, -0.2) is 13.1 Å². The SMILES string of the molecule is O=C(C[C@@H](C(=O)N1CCOCC1)N1CCC(NS(=O)(=O)CCc2ccc(Cl)s2)C1=O)N1CCOCC1. The zero-order valence-corrected chi connectivity index (χ0v) is 22.3. The van der Waals surface area contributed by atoms with Crippen LogP contribution in [-0.4, -0.2) is 118 Å². The number of amides is 3. The molecule has 0 spiro atoms. The van der Waals surface area contributed by atoms with E-state index in [2.05, 4.69) is 4.72 Å². The second-order valence-electron chi connectivity index (χ2n) is 8.92. The Labute approximate surface area is 219 Å². The molecule has 4 rings (SSSR count). The first-order chi connectivity index (χ1) is 17.2. The fraction of sp³-hybridized carbons (Fsp3) is 0.682. The molecule has 4 heterocycles. The van der Waals surface area contributed by atoms with E-state index in [4.69, 9.17) is 21.1 Å². The number of carbonyl (C=O) groups excluding carboxylic acids is 3. The van der Waals surface area contributed by atoms with Crippen LogP contribution in [0.1, 0.15) is 17.7 Å². The van der Waals surface area contributed by atoms with Crippen LogP contribution in [0.2, 0.25) is 4.34 Å². The van der Waals surface area contributed by atoms with Crippen LogP contribution in [0.25, 0.3) is 0 Å². The summed E-state index contributed by atoms with van der Waals surface area (Å²) in [5, 5.41) is 0. The number of aryl methyl sites for hydroxylation is 1. The molecule has 200 valence electrons. The van der Waals surface area contributed by atoms with E-state index in [9.17, 15) is 22.8 Å². The highest BCUT2D eigenvalue weighted by Crippen LogP contribution is 2.23. The molecule has 0 saturated carbocycles. The van der Waals surface area contributed by atoms with Crippen molar-refractivity contribution in [1.29, 1.82) is 0 Å². The molecule has 0 radical (unpaired) electrons. The molecule has 3 fully saturated rings. The highest BCUT2D eigenvalue weighted by atomic mass is 35.5. The van der Waals surface area contributed by atoms with Gasteiger partial charge in [0.2, 0.25) is 27.7 Å². The van der Waals surface area contributed by atoms with Crippen molar-refractivity contribution >= 4 is 50.7 Å². The minimum Gasteiger partial charge on any atom is -0.378 e. The zero-order valence-electron chi connectivity index (χ0n) is 19.9. The summed E-state index contributed by atoms with van der Waals surface area (Å²) in [5.74, 6) is -1.21. The molecule has 3 aliphatic rings. The van der Waals surface area contributed by atoms with Gasteiger partial charge in [0, 0.05) is 37.6 Å². The van der Waals surface area contributed by atoms with Crippen molar-refractivity contribution in [2.24, 2.45) is 0 Å². The molecule has 14 heteroatoms. The van der Waals surface area contributed by atoms with Crippen molar-refractivity contribution in [2.75, 3.05) is 64.9 Å². The van der Waals surface area contributed by atoms with Gasteiger partial charge in [0.1, 0.15) is 12.1 Å². The lowest BCUT2D eigenvalue weighted by atomic mass is 10.1. The number of sulfonamides is 1. The predicted octanol–water partition coefficient (Wildman–Crippen LogP) is -0.0594. The minimum absolute atomic E-state index is 0.152. The Balaban J connectivity index is 1.42. The normalized spacial score (nSPS) is 22.2. The fourth-order valence-corrected chi connectivity index (χ4v) is 7.02. The Hall–Kier alpha value is -1.77. The summed E-state index contributed by atoms with van der Waals surface area (Å²) in [5.41, 5.74) is 0. The van der Waals surface area contributed by atoms with E-state index in [0.717, 1.165) is 4.88 Å². The number of rotatable bonds is 9. The second-order valence-corrected chi connectivity index (χ2v) is 12.6. The Morgan fingerprint density at radius 3 is 2.31 bits per heavy atom. The molecule has 3 saturated heterocycles.